The summed E-state index contributed by atoms with van der Waals surface area (Å²) >= 11 is 4.24. The van der Waals surface area contributed by atoms with Crippen molar-refractivity contribution in [2.45, 2.75) is 12.3 Å². The van der Waals surface area contributed by atoms with E-state index in [1.165, 1.54) is 18.6 Å². The Morgan fingerprint density at radius 3 is 2.68 bits per heavy atom. The fraction of sp³-hybridized carbons (Fsp3) is 0.125. The maximum absolute atomic E-state index is 14.1. The smallest absolute Gasteiger partial charge is 0.157 e. The molecule has 0 aliphatic rings. The van der Waals surface area contributed by atoms with E-state index >= 15 is 0 Å². The van der Waals surface area contributed by atoms with Crippen molar-refractivity contribution in [2.24, 2.45) is 5.73 Å². The van der Waals surface area contributed by atoms with Crippen molar-refractivity contribution in [3.63, 3.8) is 0 Å². The molecule has 0 aliphatic carbocycles. The minimum atomic E-state index is -1.94. The van der Waals surface area contributed by atoms with Crippen molar-refractivity contribution in [3.8, 4) is 17.1 Å². The lowest BCUT2D eigenvalue weighted by Crippen LogP contribution is -2.02. The summed E-state index contributed by atoms with van der Waals surface area (Å²) in [5, 5.41) is 0.210. The molecule has 0 bridgehead atoms. The maximum atomic E-state index is 14.1. The monoisotopic (exact) mass is 380 g/mol. The molecule has 3 rings (SSSR count). The van der Waals surface area contributed by atoms with Crippen LogP contribution in [0.5, 0.6) is 0 Å². The fourth-order valence-electron chi connectivity index (χ4n) is 2.41. The third-order valence-corrected chi connectivity index (χ3v) is 4.47. The average Bonchev–Trinajstić information content (AvgIpc) is 2.96. The van der Waals surface area contributed by atoms with Gasteiger partial charge in [0.05, 0.1) is 11.4 Å². The SMILES string of the molecule is NCc1ccc(-c2c(Cl)ncn2-c2ccc(CS(=O)O)cn2)cc1F. The topological polar surface area (TPSA) is 94.0 Å². The van der Waals surface area contributed by atoms with Crippen LogP contribution in [0.15, 0.2) is 42.9 Å². The van der Waals surface area contributed by atoms with E-state index in [0.717, 1.165) is 0 Å². The number of aromatic nitrogens is 3. The Morgan fingerprint density at radius 1 is 1.28 bits per heavy atom. The highest BCUT2D eigenvalue weighted by Crippen LogP contribution is 2.30. The van der Waals surface area contributed by atoms with Gasteiger partial charge in [-0.3, -0.25) is 4.57 Å². The zero-order valence-electron chi connectivity index (χ0n) is 12.9. The van der Waals surface area contributed by atoms with E-state index in [1.54, 1.807) is 28.8 Å². The van der Waals surface area contributed by atoms with Gasteiger partial charge in [0.15, 0.2) is 16.2 Å². The molecule has 9 heteroatoms. The maximum Gasteiger partial charge on any atom is 0.157 e. The van der Waals surface area contributed by atoms with Gasteiger partial charge in [0, 0.05) is 23.9 Å². The van der Waals surface area contributed by atoms with E-state index in [2.05, 4.69) is 9.97 Å². The molecule has 0 saturated carbocycles. The van der Waals surface area contributed by atoms with Crippen LogP contribution in [0.25, 0.3) is 17.1 Å². The second kappa shape index (κ2) is 7.40. The molecule has 130 valence electrons. The van der Waals surface area contributed by atoms with Crippen LogP contribution in [-0.4, -0.2) is 23.3 Å². The van der Waals surface area contributed by atoms with E-state index in [9.17, 15) is 8.60 Å². The van der Waals surface area contributed by atoms with Crippen LogP contribution in [0.1, 0.15) is 11.1 Å². The zero-order chi connectivity index (χ0) is 18.0. The summed E-state index contributed by atoms with van der Waals surface area (Å²) in [4.78, 5) is 8.33. The Balaban J connectivity index is 2.02. The van der Waals surface area contributed by atoms with E-state index in [4.69, 9.17) is 21.9 Å². The first-order chi connectivity index (χ1) is 12.0. The number of nitrogens with two attached hydrogens (primary N) is 1. The Morgan fingerprint density at radius 2 is 2.08 bits per heavy atom. The predicted octanol–water partition coefficient (Wildman–Crippen LogP) is 2.91. The Kier molecular flexibility index (Phi) is 5.24. The zero-order valence-corrected chi connectivity index (χ0v) is 14.5. The first kappa shape index (κ1) is 17.7. The van der Waals surface area contributed by atoms with Gasteiger partial charge in [-0.2, -0.15) is 0 Å². The van der Waals surface area contributed by atoms with Gasteiger partial charge in [-0.1, -0.05) is 29.8 Å². The first-order valence-corrected chi connectivity index (χ1v) is 8.89. The molecule has 2 heterocycles. The second-order valence-corrected chi connectivity index (χ2v) is 6.54. The third-order valence-electron chi connectivity index (χ3n) is 3.62. The summed E-state index contributed by atoms with van der Waals surface area (Å²) < 4.78 is 35.5. The van der Waals surface area contributed by atoms with Gasteiger partial charge < -0.3 is 10.3 Å². The lowest BCUT2D eigenvalue weighted by atomic mass is 10.1. The summed E-state index contributed by atoms with van der Waals surface area (Å²) in [6.07, 6.45) is 2.98. The van der Waals surface area contributed by atoms with Gasteiger partial charge in [-0.15, -0.1) is 0 Å². The average molecular weight is 381 g/mol. The van der Waals surface area contributed by atoms with E-state index in [1.807, 2.05) is 0 Å². The molecule has 0 aliphatic heterocycles. The molecular weight excluding hydrogens is 367 g/mol. The Bertz CT molecular complexity index is 930. The van der Waals surface area contributed by atoms with E-state index < -0.39 is 16.9 Å². The van der Waals surface area contributed by atoms with Crippen LogP contribution in [0.3, 0.4) is 0 Å². The lowest BCUT2D eigenvalue weighted by Gasteiger charge is -2.10. The molecule has 6 nitrogen and oxygen atoms in total. The highest BCUT2D eigenvalue weighted by molar-refractivity contribution is 7.78. The lowest BCUT2D eigenvalue weighted by molar-refractivity contribution is 0.563. The summed E-state index contributed by atoms with van der Waals surface area (Å²) in [6.45, 7) is 0.106. The predicted molar refractivity (Wildman–Crippen MR) is 94.1 cm³/mol. The van der Waals surface area contributed by atoms with Crippen LogP contribution in [0.2, 0.25) is 5.15 Å². The molecule has 0 fully saturated rings. The van der Waals surface area contributed by atoms with Gasteiger partial charge in [-0.05, 0) is 17.7 Å². The minimum absolute atomic E-state index is 0.00339. The normalized spacial score (nSPS) is 12.3. The quantitative estimate of drug-likeness (QED) is 0.664. The van der Waals surface area contributed by atoms with Crippen molar-refractivity contribution < 1.29 is 13.2 Å². The third kappa shape index (κ3) is 3.77. The van der Waals surface area contributed by atoms with Crippen LogP contribution in [0.4, 0.5) is 4.39 Å². The van der Waals surface area contributed by atoms with Crippen LogP contribution in [-0.2, 0) is 23.4 Å². The molecule has 3 N–H and O–H groups in total. The number of pyridine rings is 1. The number of nitrogens with zero attached hydrogens (tertiary/aromatic N) is 3. The number of hydrogen-bond donors (Lipinski definition) is 2. The van der Waals surface area contributed by atoms with Crippen molar-refractivity contribution in [1.29, 1.82) is 0 Å². The minimum Gasteiger partial charge on any atom is -0.326 e. The van der Waals surface area contributed by atoms with Crippen LogP contribution in [0, 0.1) is 5.82 Å². The molecular formula is C16H14ClFN4O2S. The number of benzene rings is 1. The molecule has 1 unspecified atom stereocenters. The number of imidazole rings is 1. The molecule has 1 aromatic carbocycles. The molecule has 0 saturated heterocycles. The van der Waals surface area contributed by atoms with Gasteiger partial charge in [0.2, 0.25) is 0 Å². The largest absolute Gasteiger partial charge is 0.326 e. The van der Waals surface area contributed by atoms with Crippen molar-refractivity contribution in [2.75, 3.05) is 0 Å². The van der Waals surface area contributed by atoms with Crippen molar-refractivity contribution >= 4 is 22.7 Å². The molecule has 2 aromatic heterocycles. The molecule has 0 amide bonds. The van der Waals surface area contributed by atoms with Gasteiger partial charge in [0.1, 0.15) is 18.0 Å². The second-order valence-electron chi connectivity index (χ2n) is 5.25. The molecule has 1 atom stereocenters. The van der Waals surface area contributed by atoms with E-state index in [0.29, 0.717) is 28.2 Å². The summed E-state index contributed by atoms with van der Waals surface area (Å²) in [5.74, 6) is 0.0825. The number of halogens is 2. The summed E-state index contributed by atoms with van der Waals surface area (Å²) in [7, 11) is 0. The molecule has 0 radical (unpaired) electrons. The van der Waals surface area contributed by atoms with E-state index in [-0.39, 0.29) is 17.5 Å². The van der Waals surface area contributed by atoms with Gasteiger partial charge in [0.25, 0.3) is 0 Å². The van der Waals surface area contributed by atoms with Crippen LogP contribution >= 0.6 is 11.6 Å². The highest BCUT2D eigenvalue weighted by Gasteiger charge is 2.15. The van der Waals surface area contributed by atoms with Gasteiger partial charge in [-0.25, -0.2) is 18.6 Å². The number of rotatable bonds is 5. The van der Waals surface area contributed by atoms with Gasteiger partial charge >= 0.3 is 0 Å². The van der Waals surface area contributed by atoms with Crippen molar-refractivity contribution in [1.82, 2.24) is 14.5 Å². The molecule has 0 spiro atoms. The first-order valence-electron chi connectivity index (χ1n) is 7.24. The summed E-state index contributed by atoms with van der Waals surface area (Å²) in [5.41, 5.74) is 7.55. The molecule has 25 heavy (non-hydrogen) atoms. The fourth-order valence-corrected chi connectivity index (χ4v) is 3.11. The summed E-state index contributed by atoms with van der Waals surface area (Å²) in [6, 6.07) is 8.03. The Hall–Kier alpha value is -2.13. The highest BCUT2D eigenvalue weighted by atomic mass is 35.5. The van der Waals surface area contributed by atoms with Crippen molar-refractivity contribution in [3.05, 3.63) is 65.0 Å². The standard InChI is InChI=1S/C16H14ClFN4O2S/c17-16-15(11-2-3-12(6-19)13(18)5-11)22(9-21-16)14-4-1-10(7-20-14)8-25(23)24/h1-5,7,9H,6,8,19H2,(H,23,24). The Labute approximate surface area is 150 Å². The molecule has 3 aromatic rings. The number of hydrogen-bond acceptors (Lipinski definition) is 4. The van der Waals surface area contributed by atoms with Crippen LogP contribution < -0.4 is 5.73 Å².